The van der Waals surface area contributed by atoms with Gasteiger partial charge in [0.1, 0.15) is 18.2 Å². The average molecular weight is 564 g/mol. The number of carbonyl (C=O) groups excluding carboxylic acids is 3. The van der Waals surface area contributed by atoms with Crippen molar-refractivity contribution >= 4 is 29.3 Å². The van der Waals surface area contributed by atoms with Gasteiger partial charge in [0.25, 0.3) is 11.8 Å². The number of piperazine rings is 2. The number of ether oxygens (including phenoxy) is 1. The van der Waals surface area contributed by atoms with Crippen LogP contribution in [0.5, 0.6) is 0 Å². The molecule has 2 saturated heterocycles. The first-order valence-electron chi connectivity index (χ1n) is 13.5. The highest BCUT2D eigenvalue weighted by atomic mass is 19.1. The van der Waals surface area contributed by atoms with Gasteiger partial charge in [0.15, 0.2) is 0 Å². The lowest BCUT2D eigenvalue weighted by molar-refractivity contribution is 0.0731. The number of anilines is 2. The van der Waals surface area contributed by atoms with Crippen LogP contribution in [0.2, 0.25) is 0 Å². The summed E-state index contributed by atoms with van der Waals surface area (Å²) in [5.41, 5.74) is 2.31. The van der Waals surface area contributed by atoms with Gasteiger partial charge in [-0.2, -0.15) is 0 Å². The molecule has 0 aromatic heterocycles. The molecule has 3 aromatic carbocycles. The molecule has 3 amide bonds. The number of benzene rings is 3. The highest BCUT2D eigenvalue weighted by molar-refractivity contribution is 5.99. The second kappa shape index (κ2) is 12.8. The number of nitrogens with zero attached hydrogens (tertiary/aromatic N) is 3. The number of hydrogen-bond donors (Lipinski definition) is 2. The molecule has 3 aromatic rings. The van der Waals surface area contributed by atoms with Gasteiger partial charge in [0.05, 0.1) is 11.4 Å². The molecule has 2 heterocycles. The lowest BCUT2D eigenvalue weighted by Crippen LogP contribution is -2.49. The van der Waals surface area contributed by atoms with Crippen molar-refractivity contribution in [2.75, 3.05) is 62.6 Å². The molecule has 41 heavy (non-hydrogen) atoms. The van der Waals surface area contributed by atoms with Gasteiger partial charge in [-0.25, -0.2) is 13.6 Å². The zero-order valence-corrected chi connectivity index (χ0v) is 22.4. The first-order valence-corrected chi connectivity index (χ1v) is 13.5. The Morgan fingerprint density at radius 2 is 1.39 bits per heavy atom. The van der Waals surface area contributed by atoms with Gasteiger partial charge in [-0.15, -0.1) is 0 Å². The zero-order valence-electron chi connectivity index (χ0n) is 22.4. The molecular weight excluding hydrogens is 532 g/mol. The maximum absolute atomic E-state index is 13.7. The predicted molar refractivity (Wildman–Crippen MR) is 150 cm³/mol. The normalized spacial score (nSPS) is 15.4. The summed E-state index contributed by atoms with van der Waals surface area (Å²) < 4.78 is 32.7. The Morgan fingerprint density at radius 3 is 2.07 bits per heavy atom. The quantitative estimate of drug-likeness (QED) is 0.475. The van der Waals surface area contributed by atoms with E-state index in [0.29, 0.717) is 69.3 Å². The van der Waals surface area contributed by atoms with Crippen LogP contribution in [0, 0.1) is 11.6 Å². The molecule has 5 rings (SSSR count). The van der Waals surface area contributed by atoms with Crippen molar-refractivity contribution in [1.29, 1.82) is 0 Å². The zero-order chi connectivity index (χ0) is 28.8. The van der Waals surface area contributed by atoms with Crippen LogP contribution in [0.15, 0.2) is 66.7 Å². The molecule has 0 bridgehead atoms. The van der Waals surface area contributed by atoms with Gasteiger partial charge >= 0.3 is 6.09 Å². The Labute approximate surface area is 236 Å². The largest absolute Gasteiger partial charge is 0.444 e. The first-order chi connectivity index (χ1) is 19.9. The van der Waals surface area contributed by atoms with Crippen LogP contribution in [-0.2, 0) is 11.3 Å². The van der Waals surface area contributed by atoms with E-state index in [9.17, 15) is 23.2 Å². The molecule has 2 N–H and O–H groups in total. The van der Waals surface area contributed by atoms with Gasteiger partial charge in [-0.05, 0) is 35.9 Å². The molecule has 0 saturated carbocycles. The molecule has 0 spiro atoms. The standard InChI is InChI=1S/C30H31F2N5O4/c31-24-16-23(17-25(32)19-24)29(39)37-14-12-35(13-15-37)27-7-6-22(28(38)36-10-8-33-9-11-36)18-26(27)34-30(40)41-20-21-4-2-1-3-5-21/h1-7,16-19,33H,8-15,20H2,(H,34,40). The summed E-state index contributed by atoms with van der Waals surface area (Å²) in [7, 11) is 0. The second-order valence-electron chi connectivity index (χ2n) is 9.90. The van der Waals surface area contributed by atoms with Gasteiger partial charge in [-0.3, -0.25) is 14.9 Å². The number of halogens is 2. The van der Waals surface area contributed by atoms with Gasteiger partial charge < -0.3 is 24.8 Å². The third kappa shape index (κ3) is 6.98. The second-order valence-corrected chi connectivity index (χ2v) is 9.90. The monoisotopic (exact) mass is 563 g/mol. The van der Waals surface area contributed by atoms with Crippen molar-refractivity contribution in [2.24, 2.45) is 0 Å². The minimum absolute atomic E-state index is 0.0461. The van der Waals surface area contributed by atoms with Crippen LogP contribution in [0.1, 0.15) is 26.3 Å². The Kier molecular flexibility index (Phi) is 8.73. The summed E-state index contributed by atoms with van der Waals surface area (Å²) in [5, 5.41) is 6.03. The van der Waals surface area contributed by atoms with Crippen molar-refractivity contribution in [3.05, 3.63) is 95.1 Å². The molecule has 2 fully saturated rings. The fraction of sp³-hybridized carbons (Fsp3) is 0.300. The highest BCUT2D eigenvalue weighted by Crippen LogP contribution is 2.30. The molecule has 214 valence electrons. The SMILES string of the molecule is O=C(Nc1cc(C(=O)N2CCNCC2)ccc1N1CCN(C(=O)c2cc(F)cc(F)c2)CC1)OCc1ccccc1. The van der Waals surface area contributed by atoms with E-state index in [0.717, 1.165) is 23.8 Å². The fourth-order valence-corrected chi connectivity index (χ4v) is 4.97. The van der Waals surface area contributed by atoms with E-state index in [2.05, 4.69) is 10.6 Å². The Bertz CT molecular complexity index is 1390. The summed E-state index contributed by atoms with van der Waals surface area (Å²) in [5.74, 6) is -2.20. The number of carbonyl (C=O) groups is 3. The van der Waals surface area contributed by atoms with Gasteiger partial charge in [0, 0.05) is 69.6 Å². The number of nitrogens with one attached hydrogen (secondary N) is 2. The van der Waals surface area contributed by atoms with E-state index in [1.54, 1.807) is 23.1 Å². The van der Waals surface area contributed by atoms with E-state index < -0.39 is 23.6 Å². The molecule has 0 atom stereocenters. The van der Waals surface area contributed by atoms with Crippen LogP contribution in [0.3, 0.4) is 0 Å². The van der Waals surface area contributed by atoms with Crippen molar-refractivity contribution in [2.45, 2.75) is 6.61 Å². The Hall–Kier alpha value is -4.51. The first kappa shape index (κ1) is 28.0. The lowest BCUT2D eigenvalue weighted by Gasteiger charge is -2.37. The van der Waals surface area contributed by atoms with Crippen molar-refractivity contribution in [3.8, 4) is 0 Å². The van der Waals surface area contributed by atoms with Crippen LogP contribution < -0.4 is 15.5 Å². The Balaban J connectivity index is 1.31. The smallest absolute Gasteiger partial charge is 0.412 e. The highest BCUT2D eigenvalue weighted by Gasteiger charge is 2.26. The maximum Gasteiger partial charge on any atom is 0.412 e. The van der Waals surface area contributed by atoms with E-state index in [1.807, 2.05) is 35.2 Å². The maximum atomic E-state index is 13.7. The lowest BCUT2D eigenvalue weighted by atomic mass is 10.1. The molecule has 2 aliphatic rings. The van der Waals surface area contributed by atoms with Crippen LogP contribution in [0.4, 0.5) is 25.0 Å². The summed E-state index contributed by atoms with van der Waals surface area (Å²) >= 11 is 0. The minimum Gasteiger partial charge on any atom is -0.444 e. The van der Waals surface area contributed by atoms with Crippen LogP contribution >= 0.6 is 0 Å². The van der Waals surface area contributed by atoms with E-state index in [1.165, 1.54) is 4.90 Å². The Morgan fingerprint density at radius 1 is 0.756 bits per heavy atom. The molecule has 0 aliphatic carbocycles. The van der Waals surface area contributed by atoms with E-state index in [-0.39, 0.29) is 18.1 Å². The van der Waals surface area contributed by atoms with Crippen LogP contribution in [-0.4, -0.2) is 80.1 Å². The number of amides is 3. The third-order valence-corrected chi connectivity index (χ3v) is 7.11. The summed E-state index contributed by atoms with van der Waals surface area (Å²) in [6, 6.07) is 17.2. The summed E-state index contributed by atoms with van der Waals surface area (Å²) in [4.78, 5) is 44.1. The van der Waals surface area contributed by atoms with E-state index in [4.69, 9.17) is 4.74 Å². The van der Waals surface area contributed by atoms with Gasteiger partial charge in [-0.1, -0.05) is 30.3 Å². The third-order valence-electron chi connectivity index (χ3n) is 7.11. The molecule has 0 unspecified atom stereocenters. The molecule has 9 nitrogen and oxygen atoms in total. The summed E-state index contributed by atoms with van der Waals surface area (Å²) in [6.45, 7) is 4.11. The molecule has 11 heteroatoms. The van der Waals surface area contributed by atoms with Gasteiger partial charge in [0.2, 0.25) is 0 Å². The molecule has 0 radical (unpaired) electrons. The minimum atomic E-state index is -0.808. The number of rotatable bonds is 6. The van der Waals surface area contributed by atoms with Crippen molar-refractivity contribution in [3.63, 3.8) is 0 Å². The predicted octanol–water partition coefficient (Wildman–Crippen LogP) is 3.72. The molecular formula is C30H31F2N5O4. The summed E-state index contributed by atoms with van der Waals surface area (Å²) in [6.07, 6.45) is -0.663. The molecule has 2 aliphatic heterocycles. The van der Waals surface area contributed by atoms with Crippen LogP contribution in [0.25, 0.3) is 0 Å². The number of hydrogen-bond acceptors (Lipinski definition) is 6. The fourth-order valence-electron chi connectivity index (χ4n) is 4.97. The topological polar surface area (TPSA) is 94.2 Å². The average Bonchev–Trinajstić information content (AvgIpc) is 3.00. The van der Waals surface area contributed by atoms with Crippen molar-refractivity contribution < 1.29 is 27.9 Å². The van der Waals surface area contributed by atoms with E-state index >= 15 is 0 Å². The van der Waals surface area contributed by atoms with Crippen molar-refractivity contribution in [1.82, 2.24) is 15.1 Å².